The van der Waals surface area contributed by atoms with Crippen molar-refractivity contribution in [2.24, 2.45) is 0 Å². The standard InChI is InChI=1S/C29H26I3N3O9S/c1-5-41-28(39)20-16(8-15-6-7-17-18(9-15)44-11-43-17)12(2)45-27(20)35-19(38)10-42-29(40)21-22(30)25(33-13(3)36)24(32)26(23(21)31)34-14(4)37/h6-7,9H,5,8,10-11H2,1-4H3,(H,33,36)(H,34,37)(H,35,38). The van der Waals surface area contributed by atoms with Crippen LogP contribution in [-0.2, 0) is 30.3 Å². The van der Waals surface area contributed by atoms with Gasteiger partial charge in [0, 0.05) is 18.7 Å². The van der Waals surface area contributed by atoms with Gasteiger partial charge < -0.3 is 34.9 Å². The van der Waals surface area contributed by atoms with Gasteiger partial charge in [-0.3, -0.25) is 14.4 Å². The molecule has 1 aliphatic rings. The minimum atomic E-state index is -0.843. The molecule has 45 heavy (non-hydrogen) atoms. The predicted molar refractivity (Wildman–Crippen MR) is 192 cm³/mol. The number of amides is 3. The number of anilines is 3. The van der Waals surface area contributed by atoms with Gasteiger partial charge in [0.15, 0.2) is 18.1 Å². The van der Waals surface area contributed by atoms with E-state index < -0.39 is 24.5 Å². The number of aryl methyl sites for hydroxylation is 1. The first kappa shape index (κ1) is 35.1. The lowest BCUT2D eigenvalue weighted by atomic mass is 10.0. The largest absolute Gasteiger partial charge is 0.462 e. The highest BCUT2D eigenvalue weighted by molar-refractivity contribution is 14.1. The molecule has 0 bridgehead atoms. The normalized spacial score (nSPS) is 11.5. The average Bonchev–Trinajstić information content (AvgIpc) is 3.55. The van der Waals surface area contributed by atoms with E-state index in [1.54, 1.807) is 13.0 Å². The number of hydrogen-bond acceptors (Lipinski definition) is 10. The third kappa shape index (κ3) is 8.17. The molecule has 0 spiro atoms. The molecule has 0 radical (unpaired) electrons. The van der Waals surface area contributed by atoms with E-state index in [9.17, 15) is 24.0 Å². The number of esters is 2. The zero-order valence-electron chi connectivity index (χ0n) is 24.3. The minimum absolute atomic E-state index is 0.0714. The van der Waals surface area contributed by atoms with E-state index in [1.165, 1.54) is 25.2 Å². The zero-order chi connectivity index (χ0) is 33.0. The number of nitrogens with one attached hydrogen (secondary N) is 3. The summed E-state index contributed by atoms with van der Waals surface area (Å²) in [6, 6.07) is 5.52. The number of benzene rings is 2. The third-order valence-electron chi connectivity index (χ3n) is 6.22. The Balaban J connectivity index is 1.57. The summed E-state index contributed by atoms with van der Waals surface area (Å²) in [5, 5.41) is 8.34. The fraction of sp³-hybridized carbons (Fsp3) is 0.276. The van der Waals surface area contributed by atoms with Crippen LogP contribution in [0.3, 0.4) is 0 Å². The summed E-state index contributed by atoms with van der Waals surface area (Å²) < 4.78 is 22.8. The first-order valence-corrected chi connectivity index (χ1v) is 17.3. The van der Waals surface area contributed by atoms with E-state index in [2.05, 4.69) is 16.0 Å². The Labute approximate surface area is 303 Å². The SMILES string of the molecule is CCOC(=O)c1c(NC(=O)COC(=O)c2c(I)c(NC(C)=O)c(I)c(NC(C)=O)c2I)sc(C)c1Cc1ccc2c(c1)OCO2. The van der Waals surface area contributed by atoms with Gasteiger partial charge >= 0.3 is 11.9 Å². The van der Waals surface area contributed by atoms with Crippen molar-refractivity contribution >= 4 is 125 Å². The molecule has 0 atom stereocenters. The van der Waals surface area contributed by atoms with Crippen molar-refractivity contribution in [2.45, 2.75) is 34.1 Å². The topological polar surface area (TPSA) is 158 Å². The maximum Gasteiger partial charge on any atom is 0.341 e. The van der Waals surface area contributed by atoms with Crippen LogP contribution in [0.5, 0.6) is 11.5 Å². The molecular formula is C29H26I3N3O9S. The molecule has 1 aliphatic heterocycles. The van der Waals surface area contributed by atoms with E-state index >= 15 is 0 Å². The number of carbonyl (C=O) groups is 5. The van der Waals surface area contributed by atoms with Crippen LogP contribution >= 0.6 is 79.1 Å². The minimum Gasteiger partial charge on any atom is -0.462 e. The molecule has 2 heterocycles. The summed E-state index contributed by atoms with van der Waals surface area (Å²) in [5.41, 5.74) is 2.50. The van der Waals surface area contributed by atoms with Gasteiger partial charge in [-0.25, -0.2) is 9.59 Å². The van der Waals surface area contributed by atoms with Crippen LogP contribution in [0.15, 0.2) is 18.2 Å². The summed E-state index contributed by atoms with van der Waals surface area (Å²) in [7, 11) is 0. The van der Waals surface area contributed by atoms with Gasteiger partial charge in [-0.15, -0.1) is 11.3 Å². The molecule has 3 amide bonds. The van der Waals surface area contributed by atoms with E-state index in [1.807, 2.05) is 86.8 Å². The second-order valence-electron chi connectivity index (χ2n) is 9.48. The van der Waals surface area contributed by atoms with Crippen molar-refractivity contribution < 1.29 is 42.9 Å². The molecule has 0 unspecified atom stereocenters. The fourth-order valence-corrected chi connectivity index (χ4v) is 9.56. The lowest BCUT2D eigenvalue weighted by Crippen LogP contribution is -2.24. The number of fused-ring (bicyclic) bond motifs is 1. The van der Waals surface area contributed by atoms with Crippen LogP contribution in [0.1, 0.15) is 57.5 Å². The van der Waals surface area contributed by atoms with Crippen molar-refractivity contribution in [1.82, 2.24) is 0 Å². The molecule has 2 aromatic carbocycles. The van der Waals surface area contributed by atoms with Gasteiger partial charge in [0.2, 0.25) is 18.6 Å². The van der Waals surface area contributed by atoms with Crippen LogP contribution in [0.25, 0.3) is 0 Å². The highest BCUT2D eigenvalue weighted by Crippen LogP contribution is 2.40. The van der Waals surface area contributed by atoms with Crippen LogP contribution < -0.4 is 25.4 Å². The summed E-state index contributed by atoms with van der Waals surface area (Å²) in [6.07, 6.45) is 0.370. The molecule has 0 fully saturated rings. The van der Waals surface area contributed by atoms with Crippen LogP contribution in [0.2, 0.25) is 0 Å². The predicted octanol–water partition coefficient (Wildman–Crippen LogP) is 6.08. The van der Waals surface area contributed by atoms with E-state index in [4.69, 9.17) is 18.9 Å². The third-order valence-corrected chi connectivity index (χ3v) is 10.5. The Morgan fingerprint density at radius 2 is 1.44 bits per heavy atom. The highest BCUT2D eigenvalue weighted by Gasteiger charge is 2.29. The van der Waals surface area contributed by atoms with Crippen LogP contribution in [-0.4, -0.2) is 49.7 Å². The molecule has 1 aromatic heterocycles. The summed E-state index contributed by atoms with van der Waals surface area (Å²) >= 11 is 7.00. The number of hydrogen-bond donors (Lipinski definition) is 3. The smallest absolute Gasteiger partial charge is 0.341 e. The molecule has 3 aromatic rings. The van der Waals surface area contributed by atoms with Crippen molar-refractivity contribution in [3.8, 4) is 11.5 Å². The monoisotopic (exact) mass is 973 g/mol. The highest BCUT2D eigenvalue weighted by atomic mass is 127. The summed E-state index contributed by atoms with van der Waals surface area (Å²) in [5.74, 6) is -1.61. The van der Waals surface area contributed by atoms with Crippen LogP contribution in [0.4, 0.5) is 16.4 Å². The lowest BCUT2D eigenvalue weighted by molar-refractivity contribution is -0.119. The number of ether oxygens (including phenoxy) is 4. The molecule has 0 saturated carbocycles. The van der Waals surface area contributed by atoms with E-state index in [0.29, 0.717) is 45.6 Å². The maximum atomic E-state index is 13.3. The maximum absolute atomic E-state index is 13.3. The molecular weight excluding hydrogens is 947 g/mol. The van der Waals surface area contributed by atoms with Gasteiger partial charge in [0.25, 0.3) is 5.91 Å². The fourth-order valence-electron chi connectivity index (χ4n) is 4.33. The number of rotatable bonds is 10. The van der Waals surface area contributed by atoms with Gasteiger partial charge in [-0.1, -0.05) is 6.07 Å². The van der Waals surface area contributed by atoms with Crippen molar-refractivity contribution in [3.05, 3.63) is 56.0 Å². The average molecular weight is 973 g/mol. The summed E-state index contributed by atoms with van der Waals surface area (Å²) in [6.45, 7) is 5.78. The summed E-state index contributed by atoms with van der Waals surface area (Å²) in [4.78, 5) is 64.0. The van der Waals surface area contributed by atoms with Gasteiger partial charge in [-0.2, -0.15) is 0 Å². The Bertz CT molecular complexity index is 1680. The van der Waals surface area contributed by atoms with Gasteiger partial charge in [0.05, 0.1) is 39.8 Å². The molecule has 4 rings (SSSR count). The Morgan fingerprint density at radius 3 is 2.04 bits per heavy atom. The lowest BCUT2D eigenvalue weighted by Gasteiger charge is -2.19. The van der Waals surface area contributed by atoms with E-state index in [0.717, 1.165) is 10.4 Å². The van der Waals surface area contributed by atoms with Crippen molar-refractivity contribution in [1.29, 1.82) is 0 Å². The molecule has 12 nitrogen and oxygen atoms in total. The second-order valence-corrected chi connectivity index (χ2v) is 13.9. The quantitative estimate of drug-likeness (QED) is 0.162. The zero-order valence-corrected chi connectivity index (χ0v) is 31.6. The Morgan fingerprint density at radius 1 is 0.844 bits per heavy atom. The second kappa shape index (κ2) is 15.2. The number of carbonyl (C=O) groups excluding carboxylic acids is 5. The Kier molecular flexibility index (Phi) is 11.9. The van der Waals surface area contributed by atoms with Crippen LogP contribution in [0, 0.1) is 17.6 Å². The first-order valence-electron chi connectivity index (χ1n) is 13.2. The number of halogens is 3. The van der Waals surface area contributed by atoms with Gasteiger partial charge in [-0.05, 0) is 111 Å². The molecule has 238 valence electrons. The molecule has 0 saturated heterocycles. The van der Waals surface area contributed by atoms with Gasteiger partial charge in [0.1, 0.15) is 5.00 Å². The van der Waals surface area contributed by atoms with Crippen molar-refractivity contribution in [2.75, 3.05) is 36.0 Å². The molecule has 3 N–H and O–H groups in total. The number of thiophene rings is 1. The molecule has 16 heteroatoms. The first-order chi connectivity index (χ1) is 21.3. The Hall–Kier alpha value is -2.72. The molecule has 0 aliphatic carbocycles. The van der Waals surface area contributed by atoms with E-state index in [-0.39, 0.29) is 41.3 Å². The van der Waals surface area contributed by atoms with Crippen molar-refractivity contribution in [3.63, 3.8) is 0 Å².